The predicted octanol–water partition coefficient (Wildman–Crippen LogP) is 4.57. The van der Waals surface area contributed by atoms with Crippen molar-refractivity contribution in [2.45, 2.75) is 31.7 Å². The van der Waals surface area contributed by atoms with Crippen molar-refractivity contribution in [1.29, 1.82) is 0 Å². The van der Waals surface area contributed by atoms with Crippen molar-refractivity contribution < 1.29 is 0 Å². The second-order valence-corrected chi connectivity index (χ2v) is 5.78. The summed E-state index contributed by atoms with van der Waals surface area (Å²) in [7, 11) is 0. The molecular formula is C17H18ClN. The van der Waals surface area contributed by atoms with Crippen molar-refractivity contribution in [2.75, 3.05) is 0 Å². The van der Waals surface area contributed by atoms with E-state index < -0.39 is 0 Å². The van der Waals surface area contributed by atoms with Gasteiger partial charge >= 0.3 is 0 Å². The van der Waals surface area contributed by atoms with Crippen molar-refractivity contribution >= 4 is 11.6 Å². The Labute approximate surface area is 119 Å². The van der Waals surface area contributed by atoms with Gasteiger partial charge in [0.15, 0.2) is 0 Å². The summed E-state index contributed by atoms with van der Waals surface area (Å²) in [5.41, 5.74) is 11.4. The van der Waals surface area contributed by atoms with Crippen LogP contribution in [-0.4, -0.2) is 0 Å². The molecule has 2 aromatic carbocycles. The van der Waals surface area contributed by atoms with Crippen LogP contribution in [0.15, 0.2) is 42.5 Å². The van der Waals surface area contributed by atoms with Crippen LogP contribution in [0.3, 0.4) is 0 Å². The molecule has 1 nitrogen and oxygen atoms in total. The van der Waals surface area contributed by atoms with Crippen LogP contribution >= 0.6 is 11.6 Å². The molecule has 1 aliphatic rings. The van der Waals surface area contributed by atoms with Crippen LogP contribution in [0.2, 0.25) is 5.02 Å². The fraction of sp³-hybridized carbons (Fsp3) is 0.294. The largest absolute Gasteiger partial charge is 0.324 e. The third-order valence-electron chi connectivity index (χ3n) is 4.12. The van der Waals surface area contributed by atoms with Gasteiger partial charge in [-0.25, -0.2) is 0 Å². The van der Waals surface area contributed by atoms with Gasteiger partial charge in [0.25, 0.3) is 0 Å². The third-order valence-corrected chi connectivity index (χ3v) is 4.55. The van der Waals surface area contributed by atoms with Crippen LogP contribution in [0, 0.1) is 6.92 Å². The van der Waals surface area contributed by atoms with Gasteiger partial charge in [-0.2, -0.15) is 0 Å². The van der Waals surface area contributed by atoms with Crippen molar-refractivity contribution in [1.82, 2.24) is 0 Å². The maximum Gasteiger partial charge on any atom is 0.0435 e. The molecule has 0 heterocycles. The minimum atomic E-state index is 0.181. The van der Waals surface area contributed by atoms with Crippen molar-refractivity contribution in [3.63, 3.8) is 0 Å². The number of fused-ring (bicyclic) bond motifs is 1. The first-order chi connectivity index (χ1) is 9.16. The van der Waals surface area contributed by atoms with E-state index in [-0.39, 0.29) is 6.04 Å². The highest BCUT2D eigenvalue weighted by Crippen LogP contribution is 2.40. The molecule has 0 spiro atoms. The van der Waals surface area contributed by atoms with E-state index in [1.54, 1.807) is 0 Å². The number of nitrogens with two attached hydrogens (primary N) is 1. The summed E-state index contributed by atoms with van der Waals surface area (Å²) in [6.07, 6.45) is 2.16. The lowest BCUT2D eigenvalue weighted by Crippen LogP contribution is -2.21. The van der Waals surface area contributed by atoms with E-state index in [4.69, 9.17) is 17.3 Å². The van der Waals surface area contributed by atoms with Gasteiger partial charge in [0.1, 0.15) is 0 Å². The van der Waals surface area contributed by atoms with E-state index in [9.17, 15) is 0 Å². The van der Waals surface area contributed by atoms with Gasteiger partial charge in [0.05, 0.1) is 0 Å². The molecule has 2 N–H and O–H groups in total. The molecule has 19 heavy (non-hydrogen) atoms. The molecule has 0 saturated carbocycles. The standard InChI is InChI=1S/C17H18ClN/c1-11-10-12(6-8-16(11)18)13-7-9-17(19)15-5-3-2-4-14(13)15/h2-6,8,10,13,17H,7,9,19H2,1H3/t13-,17-/m1/s1. The molecule has 0 saturated heterocycles. The monoisotopic (exact) mass is 271 g/mol. The summed E-state index contributed by atoms with van der Waals surface area (Å²) >= 11 is 6.12. The van der Waals surface area contributed by atoms with E-state index in [2.05, 4.69) is 43.3 Å². The molecule has 0 aromatic heterocycles. The average Bonchev–Trinajstić information content (AvgIpc) is 2.43. The molecule has 2 atom stereocenters. The summed E-state index contributed by atoms with van der Waals surface area (Å²) in [6, 6.07) is 15.1. The molecule has 0 amide bonds. The Bertz CT molecular complexity index is 606. The van der Waals surface area contributed by atoms with Crippen LogP contribution in [0.5, 0.6) is 0 Å². The Hall–Kier alpha value is -1.31. The summed E-state index contributed by atoms with van der Waals surface area (Å²) < 4.78 is 0. The Morgan fingerprint density at radius 1 is 1.05 bits per heavy atom. The summed E-state index contributed by atoms with van der Waals surface area (Å²) in [6.45, 7) is 2.06. The zero-order valence-electron chi connectivity index (χ0n) is 11.1. The van der Waals surface area contributed by atoms with E-state index in [1.807, 2.05) is 6.07 Å². The van der Waals surface area contributed by atoms with Gasteiger partial charge < -0.3 is 5.73 Å². The Kier molecular flexibility index (Phi) is 3.34. The van der Waals surface area contributed by atoms with Gasteiger partial charge in [-0.15, -0.1) is 0 Å². The number of aryl methyl sites for hydroxylation is 1. The van der Waals surface area contributed by atoms with Crippen LogP contribution in [0.4, 0.5) is 0 Å². The van der Waals surface area contributed by atoms with E-state index in [0.717, 1.165) is 23.4 Å². The molecule has 98 valence electrons. The maximum atomic E-state index is 6.22. The molecule has 2 heteroatoms. The molecule has 1 aliphatic carbocycles. The summed E-state index contributed by atoms with van der Waals surface area (Å²) in [4.78, 5) is 0. The van der Waals surface area contributed by atoms with E-state index in [0.29, 0.717) is 5.92 Å². The normalized spacial score (nSPS) is 22.1. The average molecular weight is 272 g/mol. The lowest BCUT2D eigenvalue weighted by molar-refractivity contribution is 0.530. The first kappa shape index (κ1) is 12.7. The summed E-state index contributed by atoms with van der Waals surface area (Å²) in [5, 5.41) is 0.838. The van der Waals surface area contributed by atoms with Crippen LogP contribution < -0.4 is 5.73 Å². The lowest BCUT2D eigenvalue weighted by Gasteiger charge is -2.30. The highest BCUT2D eigenvalue weighted by atomic mass is 35.5. The Morgan fingerprint density at radius 3 is 2.53 bits per heavy atom. The molecule has 2 aromatic rings. The predicted molar refractivity (Wildman–Crippen MR) is 80.6 cm³/mol. The number of hydrogen-bond acceptors (Lipinski definition) is 1. The topological polar surface area (TPSA) is 26.0 Å². The zero-order valence-corrected chi connectivity index (χ0v) is 11.8. The molecule has 0 bridgehead atoms. The first-order valence-electron chi connectivity index (χ1n) is 6.77. The van der Waals surface area contributed by atoms with E-state index in [1.165, 1.54) is 16.7 Å². The highest BCUT2D eigenvalue weighted by Gasteiger charge is 2.25. The smallest absolute Gasteiger partial charge is 0.0435 e. The second kappa shape index (κ2) is 4.99. The van der Waals surface area contributed by atoms with Crippen LogP contribution in [0.1, 0.15) is 47.1 Å². The quantitative estimate of drug-likeness (QED) is 0.808. The fourth-order valence-corrected chi connectivity index (χ4v) is 3.17. The van der Waals surface area contributed by atoms with Gasteiger partial charge in [0.2, 0.25) is 0 Å². The minimum Gasteiger partial charge on any atom is -0.324 e. The lowest BCUT2D eigenvalue weighted by atomic mass is 9.77. The number of benzene rings is 2. The molecular weight excluding hydrogens is 254 g/mol. The van der Waals surface area contributed by atoms with Crippen molar-refractivity contribution in [3.8, 4) is 0 Å². The zero-order chi connectivity index (χ0) is 13.4. The van der Waals surface area contributed by atoms with Gasteiger partial charge in [-0.1, -0.05) is 48.0 Å². The van der Waals surface area contributed by atoms with Crippen molar-refractivity contribution in [2.24, 2.45) is 5.73 Å². The Morgan fingerprint density at radius 2 is 1.79 bits per heavy atom. The van der Waals surface area contributed by atoms with Crippen LogP contribution in [-0.2, 0) is 0 Å². The molecule has 3 rings (SSSR count). The van der Waals surface area contributed by atoms with Gasteiger partial charge in [-0.05, 0) is 48.1 Å². The third kappa shape index (κ3) is 2.29. The molecule has 0 radical (unpaired) electrons. The molecule has 0 fully saturated rings. The first-order valence-corrected chi connectivity index (χ1v) is 7.15. The molecule has 0 aliphatic heterocycles. The number of rotatable bonds is 1. The molecule has 0 unspecified atom stereocenters. The van der Waals surface area contributed by atoms with Gasteiger partial charge in [-0.3, -0.25) is 0 Å². The van der Waals surface area contributed by atoms with Crippen molar-refractivity contribution in [3.05, 3.63) is 69.7 Å². The number of halogens is 1. The number of hydrogen-bond donors (Lipinski definition) is 1. The highest BCUT2D eigenvalue weighted by molar-refractivity contribution is 6.31. The fourth-order valence-electron chi connectivity index (χ4n) is 3.05. The SMILES string of the molecule is Cc1cc([C@H]2CC[C@@H](N)c3ccccc32)ccc1Cl. The minimum absolute atomic E-state index is 0.181. The van der Waals surface area contributed by atoms with Gasteiger partial charge in [0, 0.05) is 17.0 Å². The maximum absolute atomic E-state index is 6.22. The Balaban J connectivity index is 2.07. The summed E-state index contributed by atoms with van der Waals surface area (Å²) in [5.74, 6) is 0.451. The second-order valence-electron chi connectivity index (χ2n) is 5.37. The van der Waals surface area contributed by atoms with E-state index >= 15 is 0 Å². The van der Waals surface area contributed by atoms with Crippen LogP contribution in [0.25, 0.3) is 0 Å².